The molecule has 1 aliphatic heterocycles. The maximum Gasteiger partial charge on any atom is 0.229 e. The number of aryl methyl sites for hydroxylation is 1. The maximum atomic E-state index is 13.9. The first-order valence-electron chi connectivity index (χ1n) is 12.5. The van der Waals surface area contributed by atoms with Crippen molar-refractivity contribution in [1.82, 2.24) is 14.8 Å². The number of nitrogens with zero attached hydrogens (tertiary/aromatic N) is 4. The first kappa shape index (κ1) is 23.8. The minimum absolute atomic E-state index is 0.0384. The molecule has 1 unspecified atom stereocenters. The number of rotatable bonds is 3. The standard InChI is InChI=1S/C31H19N5O3S/c1-16-10-12-17(13-11-16)26-21(15-36(35-26)31-34-22-8-4-5-9-23(22)40-31)24-20(14-32)30(33)39-29-25(24)27(37)18-6-2-3-7-19(18)28(29)38/h2-13,15,24H,33H2,1H3. The van der Waals surface area contributed by atoms with E-state index < -0.39 is 17.5 Å². The number of nitriles is 1. The molecule has 0 saturated heterocycles. The fraction of sp³-hybridized carbons (Fsp3) is 0.0645. The van der Waals surface area contributed by atoms with Crippen LogP contribution in [0.2, 0.25) is 0 Å². The second-order valence-electron chi connectivity index (χ2n) is 9.58. The molecule has 7 rings (SSSR count). The molecule has 40 heavy (non-hydrogen) atoms. The van der Waals surface area contributed by atoms with Crippen LogP contribution in [0.3, 0.4) is 0 Å². The zero-order chi connectivity index (χ0) is 27.5. The van der Waals surface area contributed by atoms with Gasteiger partial charge in [0.2, 0.25) is 16.8 Å². The van der Waals surface area contributed by atoms with Gasteiger partial charge in [-0.15, -0.1) is 0 Å². The molecular weight excluding hydrogens is 522 g/mol. The van der Waals surface area contributed by atoms with Crippen molar-refractivity contribution in [3.05, 3.63) is 124 Å². The summed E-state index contributed by atoms with van der Waals surface area (Å²) in [5, 5.41) is 15.7. The topological polar surface area (TPSA) is 124 Å². The van der Waals surface area contributed by atoms with Crippen LogP contribution in [0.1, 0.15) is 37.8 Å². The molecule has 1 atom stereocenters. The fourth-order valence-electron chi connectivity index (χ4n) is 5.21. The summed E-state index contributed by atoms with van der Waals surface area (Å²) in [4.78, 5) is 32.2. The monoisotopic (exact) mass is 541 g/mol. The predicted molar refractivity (Wildman–Crippen MR) is 150 cm³/mol. The Balaban J connectivity index is 1.49. The van der Waals surface area contributed by atoms with E-state index in [0.717, 1.165) is 21.3 Å². The fourth-order valence-corrected chi connectivity index (χ4v) is 6.10. The van der Waals surface area contributed by atoms with Gasteiger partial charge in [-0.2, -0.15) is 10.4 Å². The van der Waals surface area contributed by atoms with Crippen molar-refractivity contribution in [2.45, 2.75) is 12.8 Å². The Morgan fingerprint density at radius 3 is 2.40 bits per heavy atom. The summed E-state index contributed by atoms with van der Waals surface area (Å²) in [7, 11) is 0. The van der Waals surface area contributed by atoms with Crippen molar-refractivity contribution in [2.24, 2.45) is 5.73 Å². The van der Waals surface area contributed by atoms with Gasteiger partial charge in [0.15, 0.2) is 11.5 Å². The number of carbonyl (C=O) groups is 2. The Morgan fingerprint density at radius 1 is 0.975 bits per heavy atom. The molecule has 192 valence electrons. The molecule has 2 N–H and O–H groups in total. The third-order valence-electron chi connectivity index (χ3n) is 7.14. The molecule has 0 saturated carbocycles. The summed E-state index contributed by atoms with van der Waals surface area (Å²) < 4.78 is 8.33. The van der Waals surface area contributed by atoms with E-state index in [1.54, 1.807) is 35.1 Å². The van der Waals surface area contributed by atoms with Gasteiger partial charge < -0.3 is 10.5 Å². The van der Waals surface area contributed by atoms with Crippen LogP contribution in [0.25, 0.3) is 26.6 Å². The number of ketones is 2. The summed E-state index contributed by atoms with van der Waals surface area (Å²) in [5.74, 6) is -2.19. The lowest BCUT2D eigenvalue weighted by Gasteiger charge is -2.30. The molecule has 2 aliphatic rings. The second kappa shape index (κ2) is 8.86. The number of aromatic nitrogens is 3. The largest absolute Gasteiger partial charge is 0.436 e. The summed E-state index contributed by atoms with van der Waals surface area (Å²) in [6.45, 7) is 1.99. The van der Waals surface area contributed by atoms with Gasteiger partial charge in [0.05, 0.1) is 27.4 Å². The van der Waals surface area contributed by atoms with E-state index in [1.807, 2.05) is 55.5 Å². The highest BCUT2D eigenvalue weighted by Crippen LogP contribution is 2.46. The van der Waals surface area contributed by atoms with E-state index >= 15 is 0 Å². The molecule has 0 bridgehead atoms. The number of carbonyl (C=O) groups excluding carboxylic acids is 2. The van der Waals surface area contributed by atoms with Crippen LogP contribution in [-0.4, -0.2) is 26.3 Å². The number of allylic oxidation sites excluding steroid dienone is 3. The lowest BCUT2D eigenvalue weighted by Crippen LogP contribution is -2.32. The van der Waals surface area contributed by atoms with Gasteiger partial charge in [0.25, 0.3) is 0 Å². The summed E-state index contributed by atoms with van der Waals surface area (Å²) >= 11 is 1.47. The van der Waals surface area contributed by atoms with Crippen LogP contribution in [-0.2, 0) is 4.74 Å². The summed E-state index contributed by atoms with van der Waals surface area (Å²) in [6, 6.07) is 24.3. The van der Waals surface area contributed by atoms with Gasteiger partial charge in [-0.05, 0) is 19.1 Å². The zero-order valence-corrected chi connectivity index (χ0v) is 21.9. The summed E-state index contributed by atoms with van der Waals surface area (Å²) in [5.41, 5.74) is 10.6. The molecule has 3 aromatic carbocycles. The Bertz CT molecular complexity index is 1970. The van der Waals surface area contributed by atoms with Crippen LogP contribution in [0, 0.1) is 18.3 Å². The highest BCUT2D eigenvalue weighted by atomic mass is 32.1. The molecule has 2 aromatic heterocycles. The van der Waals surface area contributed by atoms with Crippen LogP contribution in [0.5, 0.6) is 0 Å². The number of nitrogens with two attached hydrogens (primary N) is 1. The number of hydrogen-bond acceptors (Lipinski definition) is 8. The van der Waals surface area contributed by atoms with Crippen molar-refractivity contribution in [1.29, 1.82) is 5.26 Å². The SMILES string of the molecule is Cc1ccc(-c2nn(-c3nc4ccccc4s3)cc2C2C(C#N)=C(N)OC3=C2C(=O)c2ccccc2C3=O)cc1. The Kier molecular flexibility index (Phi) is 5.27. The average molecular weight is 542 g/mol. The molecule has 3 heterocycles. The quantitative estimate of drug-likeness (QED) is 0.315. The van der Waals surface area contributed by atoms with Crippen LogP contribution in [0.4, 0.5) is 0 Å². The van der Waals surface area contributed by atoms with Gasteiger partial charge >= 0.3 is 0 Å². The van der Waals surface area contributed by atoms with E-state index in [4.69, 9.17) is 20.6 Å². The van der Waals surface area contributed by atoms with Gasteiger partial charge in [0, 0.05) is 28.5 Å². The maximum absolute atomic E-state index is 13.9. The van der Waals surface area contributed by atoms with Gasteiger partial charge in [-0.3, -0.25) is 9.59 Å². The number of Topliss-reactive ketones (excluding diaryl/α,β-unsaturated/α-hetero) is 2. The number of thiazole rings is 1. The van der Waals surface area contributed by atoms with Crippen molar-refractivity contribution < 1.29 is 14.3 Å². The van der Waals surface area contributed by atoms with E-state index in [0.29, 0.717) is 16.4 Å². The Hall–Kier alpha value is -5.33. The van der Waals surface area contributed by atoms with Crippen molar-refractivity contribution in [3.63, 3.8) is 0 Å². The molecule has 5 aromatic rings. The van der Waals surface area contributed by atoms with Crippen LogP contribution >= 0.6 is 11.3 Å². The first-order chi connectivity index (χ1) is 19.4. The lowest BCUT2D eigenvalue weighted by molar-refractivity contribution is 0.0897. The molecule has 1 aliphatic carbocycles. The molecule has 0 fully saturated rings. The highest BCUT2D eigenvalue weighted by Gasteiger charge is 2.45. The number of benzene rings is 3. The number of para-hydroxylation sites is 1. The van der Waals surface area contributed by atoms with E-state index in [1.165, 1.54) is 11.3 Å². The normalized spacial score (nSPS) is 16.6. The second-order valence-corrected chi connectivity index (χ2v) is 10.6. The first-order valence-corrected chi connectivity index (χ1v) is 13.3. The number of ether oxygens (including phenoxy) is 1. The zero-order valence-electron chi connectivity index (χ0n) is 21.1. The third-order valence-corrected chi connectivity index (χ3v) is 8.17. The van der Waals surface area contributed by atoms with E-state index in [-0.39, 0.29) is 33.9 Å². The molecule has 0 spiro atoms. The Morgan fingerprint density at radius 2 is 1.68 bits per heavy atom. The van der Waals surface area contributed by atoms with Crippen molar-refractivity contribution >= 4 is 33.1 Å². The highest BCUT2D eigenvalue weighted by molar-refractivity contribution is 7.20. The molecule has 0 amide bonds. The smallest absolute Gasteiger partial charge is 0.229 e. The number of fused-ring (bicyclic) bond motifs is 2. The average Bonchev–Trinajstić information content (AvgIpc) is 3.60. The third kappa shape index (κ3) is 3.51. The molecular formula is C31H19N5O3S. The van der Waals surface area contributed by atoms with E-state index in [9.17, 15) is 14.9 Å². The molecule has 0 radical (unpaired) electrons. The minimum Gasteiger partial charge on any atom is -0.436 e. The minimum atomic E-state index is -0.974. The predicted octanol–water partition coefficient (Wildman–Crippen LogP) is 5.60. The van der Waals surface area contributed by atoms with Crippen molar-refractivity contribution in [2.75, 3.05) is 0 Å². The van der Waals surface area contributed by atoms with E-state index in [2.05, 4.69) is 6.07 Å². The molecule has 8 nitrogen and oxygen atoms in total. The number of hydrogen-bond donors (Lipinski definition) is 1. The Labute approximate surface area is 232 Å². The molecule has 9 heteroatoms. The van der Waals surface area contributed by atoms with Gasteiger partial charge in [-0.1, -0.05) is 77.6 Å². The van der Waals surface area contributed by atoms with Gasteiger partial charge in [-0.25, -0.2) is 9.67 Å². The van der Waals surface area contributed by atoms with Gasteiger partial charge in [0.1, 0.15) is 11.6 Å². The summed E-state index contributed by atoms with van der Waals surface area (Å²) in [6.07, 6.45) is 1.76. The van der Waals surface area contributed by atoms with Crippen LogP contribution < -0.4 is 5.73 Å². The lowest BCUT2D eigenvalue weighted by atomic mass is 9.75. The van der Waals surface area contributed by atoms with Crippen LogP contribution in [0.15, 0.2) is 102 Å². The van der Waals surface area contributed by atoms with Crippen molar-refractivity contribution in [3.8, 4) is 22.5 Å².